The molecule has 2 heterocycles. The summed E-state index contributed by atoms with van der Waals surface area (Å²) in [6, 6.07) is 30.8. The maximum atomic E-state index is 3.56. The Morgan fingerprint density at radius 3 is 1.32 bits per heavy atom. The summed E-state index contributed by atoms with van der Waals surface area (Å²) < 4.78 is 0. The SMILES string of the molecule is c1ccc2c(c1)[nH]c1cc3ccc4cc5[nH]c6ccccc6c5cc4c3cc12. The lowest BCUT2D eigenvalue weighted by Gasteiger charge is -2.06. The Labute approximate surface area is 160 Å². The zero-order valence-electron chi connectivity index (χ0n) is 15.1. The Balaban J connectivity index is 1.69. The fraction of sp³-hybridized carbons (Fsp3) is 0. The average molecular weight is 356 g/mol. The van der Waals surface area contributed by atoms with Crippen molar-refractivity contribution < 1.29 is 0 Å². The van der Waals surface area contributed by atoms with Crippen LogP contribution in [0.25, 0.3) is 65.2 Å². The predicted molar refractivity (Wildman–Crippen MR) is 120 cm³/mol. The van der Waals surface area contributed by atoms with Gasteiger partial charge in [0.05, 0.1) is 0 Å². The normalized spacial score (nSPS) is 12.3. The second kappa shape index (κ2) is 4.93. The molecular formula is C26H16N2. The Hall–Kier alpha value is -3.78. The fourth-order valence-corrected chi connectivity index (χ4v) is 4.75. The highest BCUT2D eigenvalue weighted by Crippen LogP contribution is 2.36. The first-order valence-corrected chi connectivity index (χ1v) is 9.62. The summed E-state index contributed by atoms with van der Waals surface area (Å²) in [5.41, 5.74) is 4.77. The van der Waals surface area contributed by atoms with E-state index in [0.717, 1.165) is 0 Å². The number of H-pyrrole nitrogens is 2. The van der Waals surface area contributed by atoms with Crippen molar-refractivity contribution >= 4 is 65.2 Å². The first kappa shape index (κ1) is 14.3. The summed E-state index contributed by atoms with van der Waals surface area (Å²) >= 11 is 0. The van der Waals surface area contributed by atoms with Crippen molar-refractivity contribution in [3.05, 3.63) is 84.9 Å². The number of benzene rings is 5. The highest BCUT2D eigenvalue weighted by molar-refractivity contribution is 6.21. The molecule has 5 aromatic carbocycles. The molecule has 0 bridgehead atoms. The fourth-order valence-electron chi connectivity index (χ4n) is 4.75. The molecule has 2 aromatic heterocycles. The molecule has 0 radical (unpaired) electrons. The van der Waals surface area contributed by atoms with Crippen LogP contribution < -0.4 is 0 Å². The Morgan fingerprint density at radius 1 is 0.357 bits per heavy atom. The number of rotatable bonds is 0. The van der Waals surface area contributed by atoms with Gasteiger partial charge in [0.1, 0.15) is 0 Å². The Bertz CT molecular complexity index is 1580. The molecule has 0 aliphatic carbocycles. The molecule has 0 atom stereocenters. The second-order valence-electron chi connectivity index (χ2n) is 7.64. The topological polar surface area (TPSA) is 31.6 Å². The molecule has 2 N–H and O–H groups in total. The van der Waals surface area contributed by atoms with Crippen LogP contribution in [0, 0.1) is 0 Å². The molecular weight excluding hydrogens is 340 g/mol. The first-order valence-electron chi connectivity index (χ1n) is 9.62. The molecule has 7 rings (SSSR count). The van der Waals surface area contributed by atoms with E-state index in [1.54, 1.807) is 0 Å². The molecule has 2 nitrogen and oxygen atoms in total. The third-order valence-electron chi connectivity index (χ3n) is 6.09. The summed E-state index contributed by atoms with van der Waals surface area (Å²) in [5, 5.41) is 10.3. The zero-order chi connectivity index (χ0) is 18.2. The van der Waals surface area contributed by atoms with Crippen LogP contribution in [0.5, 0.6) is 0 Å². The van der Waals surface area contributed by atoms with E-state index in [-0.39, 0.29) is 0 Å². The van der Waals surface area contributed by atoms with Gasteiger partial charge in [0, 0.05) is 43.6 Å². The molecule has 0 aliphatic heterocycles. The van der Waals surface area contributed by atoms with Crippen molar-refractivity contribution in [1.29, 1.82) is 0 Å². The number of nitrogens with one attached hydrogen (secondary N) is 2. The van der Waals surface area contributed by atoms with E-state index in [1.165, 1.54) is 65.2 Å². The van der Waals surface area contributed by atoms with E-state index in [2.05, 4.69) is 94.9 Å². The quantitative estimate of drug-likeness (QED) is 0.268. The van der Waals surface area contributed by atoms with Crippen LogP contribution in [0.2, 0.25) is 0 Å². The standard InChI is InChI=1S/C26H16N2/c1-3-7-23-17(5-1)21-13-19-15(11-25(21)27-23)9-10-16-12-26-22(14-20(16)19)18-6-2-4-8-24(18)28-26/h1-14,27-28H. The second-order valence-corrected chi connectivity index (χ2v) is 7.64. The van der Waals surface area contributed by atoms with Crippen LogP contribution in [0.1, 0.15) is 0 Å². The smallest absolute Gasteiger partial charge is 0.0471 e. The highest BCUT2D eigenvalue weighted by Gasteiger charge is 2.10. The van der Waals surface area contributed by atoms with Crippen molar-refractivity contribution in [2.24, 2.45) is 0 Å². The molecule has 0 fully saturated rings. The minimum atomic E-state index is 1.19. The van der Waals surface area contributed by atoms with Crippen molar-refractivity contribution in [2.75, 3.05) is 0 Å². The molecule has 0 unspecified atom stereocenters. The van der Waals surface area contributed by atoms with Crippen molar-refractivity contribution in [3.63, 3.8) is 0 Å². The number of hydrogen-bond donors (Lipinski definition) is 2. The van der Waals surface area contributed by atoms with Crippen molar-refractivity contribution in [3.8, 4) is 0 Å². The molecule has 0 amide bonds. The van der Waals surface area contributed by atoms with Gasteiger partial charge in [-0.05, 0) is 57.9 Å². The number of aromatic nitrogens is 2. The molecule has 0 aliphatic rings. The Kier molecular flexibility index (Phi) is 2.52. The molecule has 0 saturated heterocycles. The van der Waals surface area contributed by atoms with Crippen LogP contribution in [0.15, 0.2) is 84.9 Å². The summed E-state index contributed by atoms with van der Waals surface area (Å²) in [5.74, 6) is 0. The van der Waals surface area contributed by atoms with Crippen molar-refractivity contribution in [2.45, 2.75) is 0 Å². The van der Waals surface area contributed by atoms with E-state index in [9.17, 15) is 0 Å². The van der Waals surface area contributed by atoms with Gasteiger partial charge >= 0.3 is 0 Å². The summed E-state index contributed by atoms with van der Waals surface area (Å²) in [6.07, 6.45) is 0. The largest absolute Gasteiger partial charge is 0.354 e. The third-order valence-corrected chi connectivity index (χ3v) is 6.09. The van der Waals surface area contributed by atoms with Gasteiger partial charge in [-0.1, -0.05) is 48.5 Å². The number of hydrogen-bond acceptors (Lipinski definition) is 0. The molecule has 28 heavy (non-hydrogen) atoms. The minimum absolute atomic E-state index is 1.19. The molecule has 2 heteroatoms. The summed E-state index contributed by atoms with van der Waals surface area (Å²) in [7, 11) is 0. The molecule has 7 aromatic rings. The number of para-hydroxylation sites is 2. The van der Waals surface area contributed by atoms with Crippen LogP contribution in [0.3, 0.4) is 0 Å². The van der Waals surface area contributed by atoms with Gasteiger partial charge in [-0.25, -0.2) is 0 Å². The maximum absolute atomic E-state index is 3.56. The first-order chi connectivity index (χ1) is 13.8. The lowest BCUT2D eigenvalue weighted by Crippen LogP contribution is -1.80. The van der Waals surface area contributed by atoms with Gasteiger partial charge < -0.3 is 9.97 Å². The maximum Gasteiger partial charge on any atom is 0.0471 e. The van der Waals surface area contributed by atoms with E-state index in [0.29, 0.717) is 0 Å². The van der Waals surface area contributed by atoms with Gasteiger partial charge in [0.15, 0.2) is 0 Å². The van der Waals surface area contributed by atoms with Crippen LogP contribution in [-0.4, -0.2) is 9.97 Å². The van der Waals surface area contributed by atoms with Gasteiger partial charge in [0.25, 0.3) is 0 Å². The molecule has 0 spiro atoms. The monoisotopic (exact) mass is 356 g/mol. The lowest BCUT2D eigenvalue weighted by atomic mass is 9.98. The van der Waals surface area contributed by atoms with E-state index < -0.39 is 0 Å². The lowest BCUT2D eigenvalue weighted by molar-refractivity contribution is 1.55. The highest BCUT2D eigenvalue weighted by atomic mass is 14.7. The van der Waals surface area contributed by atoms with Gasteiger partial charge in [-0.15, -0.1) is 0 Å². The van der Waals surface area contributed by atoms with E-state index in [4.69, 9.17) is 0 Å². The average Bonchev–Trinajstić information content (AvgIpc) is 3.28. The van der Waals surface area contributed by atoms with Crippen LogP contribution in [0.4, 0.5) is 0 Å². The van der Waals surface area contributed by atoms with Gasteiger partial charge in [-0.2, -0.15) is 0 Å². The van der Waals surface area contributed by atoms with E-state index in [1.807, 2.05) is 0 Å². The summed E-state index contributed by atoms with van der Waals surface area (Å²) in [4.78, 5) is 7.13. The van der Waals surface area contributed by atoms with Gasteiger partial charge in [0.2, 0.25) is 0 Å². The molecule has 0 saturated carbocycles. The number of fused-ring (bicyclic) bond motifs is 9. The van der Waals surface area contributed by atoms with Gasteiger partial charge in [-0.3, -0.25) is 0 Å². The van der Waals surface area contributed by atoms with Crippen molar-refractivity contribution in [1.82, 2.24) is 9.97 Å². The minimum Gasteiger partial charge on any atom is -0.354 e. The number of aromatic amines is 2. The Morgan fingerprint density at radius 2 is 0.821 bits per heavy atom. The van der Waals surface area contributed by atoms with Crippen LogP contribution >= 0.6 is 0 Å². The van der Waals surface area contributed by atoms with Crippen LogP contribution in [-0.2, 0) is 0 Å². The predicted octanol–water partition coefficient (Wildman–Crippen LogP) is 7.26. The molecule has 130 valence electrons. The zero-order valence-corrected chi connectivity index (χ0v) is 15.1. The third kappa shape index (κ3) is 1.77. The van der Waals surface area contributed by atoms with E-state index >= 15 is 0 Å². The summed E-state index contributed by atoms with van der Waals surface area (Å²) in [6.45, 7) is 0.